The lowest BCUT2D eigenvalue weighted by atomic mass is 9.94. The number of nitrogens with zero attached hydrogens (tertiary/aromatic N) is 1. The summed E-state index contributed by atoms with van der Waals surface area (Å²) >= 11 is 0. The second-order valence-electron chi connectivity index (χ2n) is 7.40. The molecule has 34 heavy (non-hydrogen) atoms. The Labute approximate surface area is 197 Å². The maximum Gasteiger partial charge on any atom is 0.337 e. The number of Topliss-reactive ketones (excluding diaryl/α,β-unsaturated/α-hetero) is 1. The highest BCUT2D eigenvalue weighted by atomic mass is 16.5. The van der Waals surface area contributed by atoms with Crippen LogP contribution in [0.5, 0.6) is 5.75 Å². The Hall–Kier alpha value is -3.69. The van der Waals surface area contributed by atoms with Crippen LogP contribution < -0.4 is 4.74 Å². The quantitative estimate of drug-likeness (QED) is 0.179. The molecule has 2 aromatic carbocycles. The van der Waals surface area contributed by atoms with E-state index in [0.717, 1.165) is 0 Å². The Bertz CT molecular complexity index is 1060. The molecule has 3 rings (SSSR count). The number of aliphatic hydroxyl groups excluding tert-OH is 2. The number of hydrogen-bond acceptors (Lipinski definition) is 8. The van der Waals surface area contributed by atoms with Crippen LogP contribution in [0.1, 0.15) is 34.5 Å². The first kappa shape index (κ1) is 24.9. The maximum absolute atomic E-state index is 13.0. The minimum absolute atomic E-state index is 0.0635. The Morgan fingerprint density at radius 2 is 1.65 bits per heavy atom. The molecular weight excluding hydrogens is 442 g/mol. The van der Waals surface area contributed by atoms with E-state index in [-0.39, 0.29) is 37.7 Å². The topological polar surface area (TPSA) is 123 Å². The zero-order valence-electron chi connectivity index (χ0n) is 19.0. The fourth-order valence-electron chi connectivity index (χ4n) is 3.74. The van der Waals surface area contributed by atoms with Crippen molar-refractivity contribution in [3.8, 4) is 5.75 Å². The lowest BCUT2D eigenvalue weighted by molar-refractivity contribution is -0.140. The van der Waals surface area contributed by atoms with Gasteiger partial charge in [-0.2, -0.15) is 0 Å². The van der Waals surface area contributed by atoms with Gasteiger partial charge in [-0.3, -0.25) is 9.59 Å². The number of carbonyl (C=O) groups excluding carboxylic acids is 3. The molecule has 2 N–H and O–H groups in total. The van der Waals surface area contributed by atoms with Gasteiger partial charge in [0.2, 0.25) is 0 Å². The average Bonchev–Trinajstić information content (AvgIpc) is 3.11. The molecule has 1 atom stereocenters. The molecule has 1 saturated heterocycles. The number of rotatable bonds is 10. The minimum atomic E-state index is -0.893. The number of likely N-dealkylation sites (tertiary alicyclic amines) is 1. The number of benzene rings is 2. The molecule has 180 valence electrons. The average molecular weight is 469 g/mol. The molecule has 1 heterocycles. The van der Waals surface area contributed by atoms with Gasteiger partial charge in [0.15, 0.2) is 0 Å². The van der Waals surface area contributed by atoms with Crippen molar-refractivity contribution < 1.29 is 38.8 Å². The summed E-state index contributed by atoms with van der Waals surface area (Å²) in [4.78, 5) is 39.0. The lowest BCUT2D eigenvalue weighted by Crippen LogP contribution is -2.33. The molecule has 1 aliphatic heterocycles. The summed E-state index contributed by atoms with van der Waals surface area (Å²) in [7, 11) is 1.27. The largest absolute Gasteiger partial charge is 0.507 e. The van der Waals surface area contributed by atoms with Crippen molar-refractivity contribution in [3.63, 3.8) is 0 Å². The Balaban J connectivity index is 2.04. The predicted molar refractivity (Wildman–Crippen MR) is 122 cm³/mol. The van der Waals surface area contributed by atoms with Crippen LogP contribution in [0.4, 0.5) is 0 Å². The van der Waals surface area contributed by atoms with Crippen molar-refractivity contribution in [2.45, 2.75) is 13.0 Å². The number of esters is 1. The van der Waals surface area contributed by atoms with Crippen LogP contribution in [0.3, 0.4) is 0 Å². The van der Waals surface area contributed by atoms with E-state index in [1.807, 2.05) is 6.92 Å². The number of ketones is 1. The second kappa shape index (κ2) is 11.4. The summed E-state index contributed by atoms with van der Waals surface area (Å²) in [6, 6.07) is 11.9. The molecule has 1 amide bonds. The van der Waals surface area contributed by atoms with Crippen molar-refractivity contribution in [2.24, 2.45) is 0 Å². The summed E-state index contributed by atoms with van der Waals surface area (Å²) < 4.78 is 15.4. The van der Waals surface area contributed by atoms with Crippen LogP contribution in [0, 0.1) is 0 Å². The van der Waals surface area contributed by atoms with Crippen LogP contribution in [0.25, 0.3) is 5.76 Å². The van der Waals surface area contributed by atoms with Crippen molar-refractivity contribution in [3.05, 3.63) is 70.8 Å². The van der Waals surface area contributed by atoms with Gasteiger partial charge in [0, 0.05) is 12.1 Å². The number of amides is 1. The van der Waals surface area contributed by atoms with Gasteiger partial charge in [-0.1, -0.05) is 12.1 Å². The van der Waals surface area contributed by atoms with E-state index in [9.17, 15) is 19.5 Å². The van der Waals surface area contributed by atoms with Crippen LogP contribution in [0.15, 0.2) is 54.1 Å². The highest BCUT2D eigenvalue weighted by Crippen LogP contribution is 2.39. The molecule has 0 bridgehead atoms. The van der Waals surface area contributed by atoms with E-state index in [4.69, 9.17) is 19.3 Å². The molecule has 0 unspecified atom stereocenters. The van der Waals surface area contributed by atoms with Crippen LogP contribution >= 0.6 is 0 Å². The molecular formula is C25H27NO8. The van der Waals surface area contributed by atoms with Gasteiger partial charge in [0.25, 0.3) is 11.7 Å². The summed E-state index contributed by atoms with van der Waals surface area (Å²) in [5.74, 6) is -1.83. The zero-order chi connectivity index (χ0) is 24.7. The normalized spacial score (nSPS) is 17.1. The zero-order valence-corrected chi connectivity index (χ0v) is 19.0. The SMILES string of the molecule is CCOc1ccc(C(O)=C2C(=O)C(=O)N(CCOCCO)[C@@H]2c2ccc(C(=O)OC)cc2)cc1. The number of carbonyl (C=O) groups is 3. The predicted octanol–water partition coefficient (Wildman–Crippen LogP) is 2.30. The van der Waals surface area contributed by atoms with E-state index < -0.39 is 23.7 Å². The molecule has 2 aromatic rings. The maximum atomic E-state index is 13.0. The van der Waals surface area contributed by atoms with Gasteiger partial charge in [0.1, 0.15) is 11.5 Å². The third kappa shape index (κ3) is 5.27. The lowest BCUT2D eigenvalue weighted by Gasteiger charge is -2.25. The van der Waals surface area contributed by atoms with Crippen LogP contribution in [-0.4, -0.2) is 72.9 Å². The molecule has 0 aromatic heterocycles. The number of methoxy groups -OCH3 is 1. The Morgan fingerprint density at radius 3 is 2.24 bits per heavy atom. The standard InChI is InChI=1S/C25H27NO8/c1-3-34-19-10-8-17(9-11-19)22(28)20-21(16-4-6-18(7-5-16)25(31)32-2)26(24(30)23(20)29)12-14-33-15-13-27/h4-11,21,27-28H,3,12-15H2,1-2H3/t21-/m1/s1. The van der Waals surface area contributed by atoms with Gasteiger partial charge in [0.05, 0.1) is 50.7 Å². The highest BCUT2D eigenvalue weighted by Gasteiger charge is 2.45. The van der Waals surface area contributed by atoms with E-state index in [1.165, 1.54) is 24.1 Å². The van der Waals surface area contributed by atoms with Crippen molar-refractivity contribution in [1.29, 1.82) is 0 Å². The molecule has 0 radical (unpaired) electrons. The Kier molecular flexibility index (Phi) is 8.39. The molecule has 0 spiro atoms. The highest BCUT2D eigenvalue weighted by molar-refractivity contribution is 6.46. The fourth-order valence-corrected chi connectivity index (χ4v) is 3.74. The van der Waals surface area contributed by atoms with E-state index in [2.05, 4.69) is 0 Å². The van der Waals surface area contributed by atoms with Gasteiger partial charge >= 0.3 is 5.97 Å². The van der Waals surface area contributed by atoms with Crippen molar-refractivity contribution >= 4 is 23.4 Å². The monoisotopic (exact) mass is 469 g/mol. The summed E-state index contributed by atoms with van der Waals surface area (Å²) in [6.45, 7) is 2.41. The second-order valence-corrected chi connectivity index (χ2v) is 7.40. The molecule has 0 aliphatic carbocycles. The first-order valence-corrected chi connectivity index (χ1v) is 10.8. The fraction of sp³-hybridized carbons (Fsp3) is 0.320. The summed E-state index contributed by atoms with van der Waals surface area (Å²) in [5.41, 5.74) is 1.12. The summed E-state index contributed by atoms with van der Waals surface area (Å²) in [6.07, 6.45) is 0. The molecule has 9 heteroatoms. The van der Waals surface area contributed by atoms with Gasteiger partial charge < -0.3 is 29.3 Å². The smallest absolute Gasteiger partial charge is 0.337 e. The van der Waals surface area contributed by atoms with Crippen LogP contribution in [0.2, 0.25) is 0 Å². The third-order valence-electron chi connectivity index (χ3n) is 5.34. The third-order valence-corrected chi connectivity index (χ3v) is 5.34. The van der Waals surface area contributed by atoms with Gasteiger partial charge in [-0.15, -0.1) is 0 Å². The van der Waals surface area contributed by atoms with E-state index in [1.54, 1.807) is 36.4 Å². The van der Waals surface area contributed by atoms with Crippen molar-refractivity contribution in [1.82, 2.24) is 4.90 Å². The number of hydrogen-bond donors (Lipinski definition) is 2. The first-order chi connectivity index (χ1) is 16.4. The van der Waals surface area contributed by atoms with Crippen molar-refractivity contribution in [2.75, 3.05) is 40.1 Å². The molecule has 0 saturated carbocycles. The Morgan fingerprint density at radius 1 is 1.00 bits per heavy atom. The molecule has 9 nitrogen and oxygen atoms in total. The van der Waals surface area contributed by atoms with E-state index in [0.29, 0.717) is 29.0 Å². The van der Waals surface area contributed by atoms with Gasteiger partial charge in [-0.05, 0) is 48.9 Å². The first-order valence-electron chi connectivity index (χ1n) is 10.8. The molecule has 1 aliphatic rings. The van der Waals surface area contributed by atoms with Gasteiger partial charge in [-0.25, -0.2) is 4.79 Å². The van der Waals surface area contributed by atoms with E-state index >= 15 is 0 Å². The number of ether oxygens (including phenoxy) is 3. The number of aliphatic hydroxyl groups is 2. The molecule has 1 fully saturated rings. The summed E-state index contributed by atoms with van der Waals surface area (Å²) in [5, 5.41) is 20.0. The van der Waals surface area contributed by atoms with Crippen LogP contribution in [-0.2, 0) is 19.1 Å². The minimum Gasteiger partial charge on any atom is -0.507 e.